The van der Waals surface area contributed by atoms with Crippen molar-refractivity contribution < 1.29 is 17.9 Å². The summed E-state index contributed by atoms with van der Waals surface area (Å²) < 4.78 is 33.5. The Morgan fingerprint density at radius 1 is 1.07 bits per heavy atom. The summed E-state index contributed by atoms with van der Waals surface area (Å²) in [6, 6.07) is 19.4. The van der Waals surface area contributed by atoms with Crippen LogP contribution in [0.15, 0.2) is 82.2 Å². The number of anilines is 2. The lowest BCUT2D eigenvalue weighted by Gasteiger charge is -2.24. The number of sulfonamides is 1. The number of hydrogen-bond acceptors (Lipinski definition) is 4. The van der Waals surface area contributed by atoms with Crippen molar-refractivity contribution in [3.05, 3.63) is 82.3 Å². The molecule has 0 unspecified atom stereocenters. The Bertz CT molecular complexity index is 1160. The Kier molecular flexibility index (Phi) is 7.02. The van der Waals surface area contributed by atoms with E-state index in [1.165, 1.54) is 19.2 Å². The van der Waals surface area contributed by atoms with E-state index in [-0.39, 0.29) is 4.90 Å². The third-order valence-electron chi connectivity index (χ3n) is 4.16. The maximum absolute atomic E-state index is 13.3. The second-order valence-corrected chi connectivity index (χ2v) is 9.33. The minimum atomic E-state index is -4.00. The van der Waals surface area contributed by atoms with Crippen LogP contribution in [0.1, 0.15) is 0 Å². The molecule has 0 aliphatic carbocycles. The number of carbonyl (C=O) groups excluding carboxylic acids is 1. The highest BCUT2D eigenvalue weighted by atomic mass is 79.9. The van der Waals surface area contributed by atoms with Crippen molar-refractivity contribution >= 4 is 54.8 Å². The van der Waals surface area contributed by atoms with Gasteiger partial charge in [-0.25, -0.2) is 8.42 Å². The highest BCUT2D eigenvalue weighted by molar-refractivity contribution is 9.10. The van der Waals surface area contributed by atoms with Crippen molar-refractivity contribution in [2.45, 2.75) is 4.90 Å². The molecule has 3 rings (SSSR count). The van der Waals surface area contributed by atoms with Gasteiger partial charge in [-0.2, -0.15) is 0 Å². The number of halogens is 2. The first-order valence-corrected chi connectivity index (χ1v) is 11.4. The maximum atomic E-state index is 13.3. The molecule has 0 bridgehead atoms. The van der Waals surface area contributed by atoms with Crippen LogP contribution in [-0.4, -0.2) is 28.0 Å². The van der Waals surface area contributed by atoms with Gasteiger partial charge in [-0.1, -0.05) is 35.9 Å². The summed E-state index contributed by atoms with van der Waals surface area (Å²) in [7, 11) is -2.51. The molecule has 3 aromatic rings. The zero-order valence-corrected chi connectivity index (χ0v) is 19.0. The average molecular weight is 510 g/mol. The molecule has 156 valence electrons. The lowest BCUT2D eigenvalue weighted by Crippen LogP contribution is -2.38. The van der Waals surface area contributed by atoms with E-state index in [0.29, 0.717) is 26.6 Å². The Hall–Kier alpha value is -2.55. The number of amides is 1. The number of rotatable bonds is 7. The second-order valence-electron chi connectivity index (χ2n) is 6.20. The van der Waals surface area contributed by atoms with Gasteiger partial charge in [0.1, 0.15) is 12.3 Å². The molecule has 0 aromatic heterocycles. The van der Waals surface area contributed by atoms with Crippen molar-refractivity contribution in [1.82, 2.24) is 0 Å². The number of hydrogen-bond donors (Lipinski definition) is 1. The molecule has 3 aromatic carbocycles. The molecule has 1 N–H and O–H groups in total. The lowest BCUT2D eigenvalue weighted by atomic mass is 10.3. The summed E-state index contributed by atoms with van der Waals surface area (Å²) in [6.07, 6.45) is 0. The second kappa shape index (κ2) is 9.51. The molecule has 0 saturated carbocycles. The SMILES string of the molecule is COc1cccc(N(CC(=O)Nc2ccc(Br)c(Cl)c2)S(=O)(=O)c2ccccc2)c1. The van der Waals surface area contributed by atoms with Gasteiger partial charge in [-0.15, -0.1) is 0 Å². The number of ether oxygens (including phenoxy) is 1. The van der Waals surface area contributed by atoms with E-state index in [9.17, 15) is 13.2 Å². The van der Waals surface area contributed by atoms with Crippen LogP contribution in [0, 0.1) is 0 Å². The Morgan fingerprint density at radius 2 is 1.80 bits per heavy atom. The molecule has 0 atom stereocenters. The third kappa shape index (κ3) is 5.13. The Labute approximate surface area is 188 Å². The summed E-state index contributed by atoms with van der Waals surface area (Å²) in [5, 5.41) is 3.11. The van der Waals surface area contributed by atoms with Crippen LogP contribution < -0.4 is 14.4 Å². The van der Waals surface area contributed by atoms with Gasteiger partial charge in [0.2, 0.25) is 5.91 Å². The average Bonchev–Trinajstić information content (AvgIpc) is 2.75. The molecule has 0 fully saturated rings. The first kappa shape index (κ1) is 22.1. The normalized spacial score (nSPS) is 11.0. The zero-order valence-electron chi connectivity index (χ0n) is 15.9. The Balaban J connectivity index is 1.94. The van der Waals surface area contributed by atoms with Crippen molar-refractivity contribution in [2.24, 2.45) is 0 Å². The zero-order chi connectivity index (χ0) is 21.7. The van der Waals surface area contributed by atoms with E-state index in [0.717, 1.165) is 4.31 Å². The van der Waals surface area contributed by atoms with Gasteiger partial charge in [0, 0.05) is 16.2 Å². The smallest absolute Gasteiger partial charge is 0.264 e. The summed E-state index contributed by atoms with van der Waals surface area (Å²) in [5.74, 6) is -0.0448. The molecule has 0 radical (unpaired) electrons. The predicted octanol–water partition coefficient (Wildman–Crippen LogP) is 4.95. The first-order chi connectivity index (χ1) is 14.3. The van der Waals surface area contributed by atoms with Gasteiger partial charge in [0.15, 0.2) is 0 Å². The van der Waals surface area contributed by atoms with Gasteiger partial charge in [0.05, 0.1) is 22.7 Å². The number of methoxy groups -OCH3 is 1. The molecular weight excluding hydrogens is 492 g/mol. The first-order valence-electron chi connectivity index (χ1n) is 8.78. The number of nitrogens with zero attached hydrogens (tertiary/aromatic N) is 1. The van der Waals surface area contributed by atoms with Crippen LogP contribution in [0.25, 0.3) is 0 Å². The largest absolute Gasteiger partial charge is 0.497 e. The van der Waals surface area contributed by atoms with Crippen molar-refractivity contribution in [3.63, 3.8) is 0 Å². The monoisotopic (exact) mass is 508 g/mol. The molecule has 1 amide bonds. The van der Waals surface area contributed by atoms with Gasteiger partial charge in [0.25, 0.3) is 10.0 Å². The lowest BCUT2D eigenvalue weighted by molar-refractivity contribution is -0.114. The summed E-state index contributed by atoms with van der Waals surface area (Å²) in [5.41, 5.74) is 0.762. The van der Waals surface area contributed by atoms with Crippen LogP contribution in [0.3, 0.4) is 0 Å². The van der Waals surface area contributed by atoms with E-state index >= 15 is 0 Å². The minimum Gasteiger partial charge on any atom is -0.497 e. The summed E-state index contributed by atoms with van der Waals surface area (Å²) in [4.78, 5) is 12.8. The molecule has 30 heavy (non-hydrogen) atoms. The maximum Gasteiger partial charge on any atom is 0.264 e. The van der Waals surface area contributed by atoms with Crippen LogP contribution >= 0.6 is 27.5 Å². The molecule has 0 aliphatic rings. The molecular formula is C21H18BrClN2O4S. The van der Waals surface area contributed by atoms with Gasteiger partial charge in [-0.3, -0.25) is 9.10 Å². The fraction of sp³-hybridized carbons (Fsp3) is 0.0952. The molecule has 9 heteroatoms. The molecule has 6 nitrogen and oxygen atoms in total. The van der Waals surface area contributed by atoms with Crippen LogP contribution in [0.5, 0.6) is 5.75 Å². The van der Waals surface area contributed by atoms with Gasteiger partial charge in [-0.05, 0) is 58.4 Å². The molecule has 0 saturated heterocycles. The van der Waals surface area contributed by atoms with E-state index in [1.807, 2.05) is 0 Å². The van der Waals surface area contributed by atoms with E-state index in [4.69, 9.17) is 16.3 Å². The summed E-state index contributed by atoms with van der Waals surface area (Å²) >= 11 is 9.35. The summed E-state index contributed by atoms with van der Waals surface area (Å²) in [6.45, 7) is -0.432. The highest BCUT2D eigenvalue weighted by Gasteiger charge is 2.27. The number of carbonyl (C=O) groups is 1. The fourth-order valence-electron chi connectivity index (χ4n) is 2.71. The van der Waals surface area contributed by atoms with Crippen LogP contribution in [-0.2, 0) is 14.8 Å². The topological polar surface area (TPSA) is 75.7 Å². The Morgan fingerprint density at radius 3 is 2.47 bits per heavy atom. The van der Waals surface area contributed by atoms with Crippen molar-refractivity contribution in [1.29, 1.82) is 0 Å². The van der Waals surface area contributed by atoms with Gasteiger partial charge < -0.3 is 10.1 Å². The molecule has 0 spiro atoms. The quantitative estimate of drug-likeness (QED) is 0.489. The number of benzene rings is 3. The van der Waals surface area contributed by atoms with E-state index in [2.05, 4.69) is 21.2 Å². The van der Waals surface area contributed by atoms with E-state index < -0.39 is 22.5 Å². The van der Waals surface area contributed by atoms with Crippen molar-refractivity contribution in [2.75, 3.05) is 23.3 Å². The molecule has 0 aliphatic heterocycles. The van der Waals surface area contributed by atoms with Gasteiger partial charge >= 0.3 is 0 Å². The minimum absolute atomic E-state index is 0.0762. The fourth-order valence-corrected chi connectivity index (χ4v) is 4.57. The third-order valence-corrected chi connectivity index (χ3v) is 7.18. The molecule has 0 heterocycles. The predicted molar refractivity (Wildman–Crippen MR) is 122 cm³/mol. The highest BCUT2D eigenvalue weighted by Crippen LogP contribution is 2.28. The van der Waals surface area contributed by atoms with Crippen LogP contribution in [0.4, 0.5) is 11.4 Å². The number of nitrogens with one attached hydrogen (secondary N) is 1. The van der Waals surface area contributed by atoms with Crippen molar-refractivity contribution in [3.8, 4) is 5.75 Å². The standard InChI is InChI=1S/C21H18BrClN2O4S/c1-29-17-7-5-6-16(13-17)25(30(27,28)18-8-3-2-4-9-18)14-21(26)24-15-10-11-19(22)20(23)12-15/h2-13H,14H2,1H3,(H,24,26). The van der Waals surface area contributed by atoms with E-state index in [1.54, 1.807) is 60.7 Å². The van der Waals surface area contributed by atoms with Crippen LogP contribution in [0.2, 0.25) is 5.02 Å².